The smallest absolute Gasteiger partial charge is 0.329 e. The van der Waals surface area contributed by atoms with E-state index in [0.29, 0.717) is 15.7 Å². The Morgan fingerprint density at radius 2 is 1.68 bits per heavy atom. The topological polar surface area (TPSA) is 109 Å². The summed E-state index contributed by atoms with van der Waals surface area (Å²) in [6.45, 7) is -0.350. The van der Waals surface area contributed by atoms with E-state index in [1.165, 1.54) is 48.7 Å². The highest BCUT2D eigenvalue weighted by atomic mass is 79.9. The number of carbonyl (C=O) groups excluding carboxylic acids is 3. The van der Waals surface area contributed by atoms with Gasteiger partial charge in [-0.15, -0.1) is 0 Å². The third-order valence-corrected chi connectivity index (χ3v) is 4.65. The van der Waals surface area contributed by atoms with Crippen LogP contribution < -0.4 is 20.8 Å². The van der Waals surface area contributed by atoms with E-state index in [4.69, 9.17) is 4.74 Å². The summed E-state index contributed by atoms with van der Waals surface area (Å²) >= 11 is 3.30. The third kappa shape index (κ3) is 7.20. The van der Waals surface area contributed by atoms with Crippen LogP contribution in [0.3, 0.4) is 0 Å². The van der Waals surface area contributed by atoms with E-state index in [1.807, 2.05) is 5.43 Å². The number of amides is 3. The van der Waals surface area contributed by atoms with E-state index < -0.39 is 29.4 Å². The highest BCUT2D eigenvalue weighted by Crippen LogP contribution is 2.22. The highest BCUT2D eigenvalue weighted by Gasteiger charge is 2.15. The first kappa shape index (κ1) is 24.5. The van der Waals surface area contributed by atoms with Crippen LogP contribution in [0.5, 0.6) is 5.75 Å². The second-order valence-corrected chi connectivity index (χ2v) is 7.57. The maximum Gasteiger partial charge on any atom is 0.329 e. The number of hydrogen-bond acceptors (Lipinski definition) is 5. The lowest BCUT2D eigenvalue weighted by atomic mass is 10.2. The normalized spacial score (nSPS) is 10.6. The van der Waals surface area contributed by atoms with E-state index in [0.717, 1.165) is 6.07 Å². The molecular formula is C23H17BrF2N4O4. The SMILES string of the molecule is O=C(COc1ccc(Br)cc1/C=N\NC(=O)C(=O)Nc1ccccc1F)Nc1ccc(F)cc1. The standard InChI is InChI=1S/C23H17BrF2N4O4/c24-15-5-10-20(34-13-21(31)28-17-8-6-16(25)7-9-17)14(11-15)12-27-30-23(33)22(32)29-19-4-2-1-3-18(19)26/h1-12H,13H2,(H,28,31)(H,29,32)(H,30,33)/b27-12-. The van der Waals surface area contributed by atoms with Gasteiger partial charge in [-0.1, -0.05) is 28.1 Å². The molecule has 0 atom stereocenters. The number of carbonyl (C=O) groups is 3. The molecule has 0 radical (unpaired) electrons. The number of hydrogen-bond donors (Lipinski definition) is 3. The van der Waals surface area contributed by atoms with Crippen LogP contribution in [0.15, 0.2) is 76.3 Å². The van der Waals surface area contributed by atoms with Gasteiger partial charge in [0.25, 0.3) is 5.91 Å². The number of ether oxygens (including phenoxy) is 1. The average molecular weight is 531 g/mol. The molecule has 174 valence electrons. The predicted molar refractivity (Wildman–Crippen MR) is 125 cm³/mol. The lowest BCUT2D eigenvalue weighted by Gasteiger charge is -2.10. The van der Waals surface area contributed by atoms with Crippen molar-refractivity contribution < 1.29 is 27.9 Å². The first-order valence-electron chi connectivity index (χ1n) is 9.68. The van der Waals surface area contributed by atoms with Gasteiger partial charge in [0.1, 0.15) is 17.4 Å². The van der Waals surface area contributed by atoms with Crippen LogP contribution in [0.1, 0.15) is 5.56 Å². The van der Waals surface area contributed by atoms with Crippen LogP contribution in [-0.2, 0) is 14.4 Å². The van der Waals surface area contributed by atoms with Crippen molar-refractivity contribution in [1.82, 2.24) is 5.43 Å². The molecule has 8 nitrogen and oxygen atoms in total. The Bertz CT molecular complexity index is 1240. The maximum absolute atomic E-state index is 13.6. The van der Waals surface area contributed by atoms with Crippen LogP contribution >= 0.6 is 15.9 Å². The van der Waals surface area contributed by atoms with Gasteiger partial charge in [-0.2, -0.15) is 5.10 Å². The molecule has 0 aliphatic carbocycles. The molecule has 3 amide bonds. The molecule has 0 spiro atoms. The average Bonchev–Trinajstić information content (AvgIpc) is 2.81. The molecule has 0 aliphatic rings. The second kappa shape index (κ2) is 11.7. The molecule has 11 heteroatoms. The zero-order chi connectivity index (χ0) is 24.5. The first-order valence-corrected chi connectivity index (χ1v) is 10.5. The van der Waals surface area contributed by atoms with Crippen molar-refractivity contribution in [2.24, 2.45) is 5.10 Å². The summed E-state index contributed by atoms with van der Waals surface area (Å²) in [5.41, 5.74) is 2.68. The molecule has 0 bridgehead atoms. The second-order valence-electron chi connectivity index (χ2n) is 6.66. The summed E-state index contributed by atoms with van der Waals surface area (Å²) in [5, 5.41) is 8.42. The molecule has 0 saturated heterocycles. The lowest BCUT2D eigenvalue weighted by Crippen LogP contribution is -2.32. The zero-order valence-corrected chi connectivity index (χ0v) is 18.9. The molecule has 3 aromatic carbocycles. The van der Waals surface area contributed by atoms with Gasteiger partial charge in [0, 0.05) is 15.7 Å². The molecule has 0 aliphatic heterocycles. The van der Waals surface area contributed by atoms with Crippen molar-refractivity contribution in [2.75, 3.05) is 17.2 Å². The fraction of sp³-hybridized carbons (Fsp3) is 0.0435. The molecule has 3 rings (SSSR count). The summed E-state index contributed by atoms with van der Waals surface area (Å²) in [6.07, 6.45) is 1.21. The Balaban J connectivity index is 1.57. The number of halogens is 3. The molecule has 0 saturated carbocycles. The third-order valence-electron chi connectivity index (χ3n) is 4.16. The van der Waals surface area contributed by atoms with Crippen LogP contribution in [0.25, 0.3) is 0 Å². The zero-order valence-electron chi connectivity index (χ0n) is 17.3. The number of anilines is 2. The highest BCUT2D eigenvalue weighted by molar-refractivity contribution is 9.10. The lowest BCUT2D eigenvalue weighted by molar-refractivity contribution is -0.136. The number of rotatable bonds is 7. The Hall–Kier alpha value is -4.12. The number of nitrogens with one attached hydrogen (secondary N) is 3. The van der Waals surface area contributed by atoms with Crippen LogP contribution in [-0.4, -0.2) is 30.5 Å². The van der Waals surface area contributed by atoms with Crippen molar-refractivity contribution >= 4 is 51.2 Å². The van der Waals surface area contributed by atoms with Crippen LogP contribution in [0, 0.1) is 11.6 Å². The fourth-order valence-electron chi connectivity index (χ4n) is 2.58. The van der Waals surface area contributed by atoms with Gasteiger partial charge in [-0.25, -0.2) is 14.2 Å². The quantitative estimate of drug-likeness (QED) is 0.245. The molecule has 0 fully saturated rings. The van der Waals surface area contributed by atoms with Crippen molar-refractivity contribution in [3.8, 4) is 5.75 Å². The van der Waals surface area contributed by atoms with E-state index >= 15 is 0 Å². The number of hydrazone groups is 1. The summed E-state index contributed by atoms with van der Waals surface area (Å²) in [7, 11) is 0. The molecule has 0 aromatic heterocycles. The van der Waals surface area contributed by atoms with E-state index in [-0.39, 0.29) is 18.0 Å². The van der Waals surface area contributed by atoms with Gasteiger partial charge in [0.2, 0.25) is 0 Å². The van der Waals surface area contributed by atoms with E-state index in [1.54, 1.807) is 18.2 Å². The number of para-hydroxylation sites is 1. The minimum atomic E-state index is -1.12. The minimum absolute atomic E-state index is 0.145. The Morgan fingerprint density at radius 1 is 0.941 bits per heavy atom. The maximum atomic E-state index is 13.6. The van der Waals surface area contributed by atoms with Gasteiger partial charge >= 0.3 is 11.8 Å². The van der Waals surface area contributed by atoms with Gasteiger partial charge in [0.05, 0.1) is 11.9 Å². The molecule has 0 heterocycles. The predicted octanol–water partition coefficient (Wildman–Crippen LogP) is 3.83. The molecular weight excluding hydrogens is 514 g/mol. The monoisotopic (exact) mass is 530 g/mol. The minimum Gasteiger partial charge on any atom is -0.483 e. The number of nitrogens with zero attached hydrogens (tertiary/aromatic N) is 1. The Kier molecular flexibility index (Phi) is 8.41. The van der Waals surface area contributed by atoms with E-state index in [9.17, 15) is 23.2 Å². The summed E-state index contributed by atoms with van der Waals surface area (Å²) in [4.78, 5) is 35.9. The van der Waals surface area contributed by atoms with Gasteiger partial charge in [-0.05, 0) is 54.6 Å². The molecule has 0 unspecified atom stereocenters. The van der Waals surface area contributed by atoms with Gasteiger partial charge in [-0.3, -0.25) is 14.4 Å². The van der Waals surface area contributed by atoms with Gasteiger partial charge in [0.15, 0.2) is 6.61 Å². The van der Waals surface area contributed by atoms with Crippen LogP contribution in [0.4, 0.5) is 20.2 Å². The van der Waals surface area contributed by atoms with Crippen LogP contribution in [0.2, 0.25) is 0 Å². The summed E-state index contributed by atoms with van der Waals surface area (Å²) < 4.78 is 32.7. The Labute approximate surface area is 201 Å². The van der Waals surface area contributed by atoms with Gasteiger partial charge < -0.3 is 15.4 Å². The largest absolute Gasteiger partial charge is 0.483 e. The van der Waals surface area contributed by atoms with E-state index in [2.05, 4.69) is 31.7 Å². The van der Waals surface area contributed by atoms with Crippen molar-refractivity contribution in [2.45, 2.75) is 0 Å². The molecule has 3 aromatic rings. The van der Waals surface area contributed by atoms with Crippen molar-refractivity contribution in [3.05, 3.63) is 88.4 Å². The summed E-state index contributed by atoms with van der Waals surface area (Å²) in [5.74, 6) is -3.54. The molecule has 3 N–H and O–H groups in total. The number of benzene rings is 3. The van der Waals surface area contributed by atoms with Crippen molar-refractivity contribution in [1.29, 1.82) is 0 Å². The summed E-state index contributed by atoms with van der Waals surface area (Å²) in [6, 6.07) is 15.5. The Morgan fingerprint density at radius 3 is 2.41 bits per heavy atom. The first-order chi connectivity index (χ1) is 16.3. The fourth-order valence-corrected chi connectivity index (χ4v) is 2.96. The molecule has 34 heavy (non-hydrogen) atoms. The van der Waals surface area contributed by atoms with Crippen molar-refractivity contribution in [3.63, 3.8) is 0 Å².